The minimum Gasteiger partial charge on any atom is -0.438 e. The van der Waals surface area contributed by atoms with Crippen molar-refractivity contribution in [3.63, 3.8) is 0 Å². The number of benzene rings is 1. The van der Waals surface area contributed by atoms with Gasteiger partial charge in [0.05, 0.1) is 5.54 Å². The van der Waals surface area contributed by atoms with Crippen molar-refractivity contribution in [2.75, 3.05) is 0 Å². The second-order valence-corrected chi connectivity index (χ2v) is 4.64. The smallest absolute Gasteiger partial charge is 0.226 e. The number of aromatic nitrogens is 1. The molecule has 1 aliphatic carbocycles. The Kier molecular flexibility index (Phi) is 1.87. The Morgan fingerprint density at radius 1 is 1.56 bits per heavy atom. The second kappa shape index (κ2) is 3.06. The van der Waals surface area contributed by atoms with Crippen molar-refractivity contribution in [1.29, 1.82) is 0 Å². The average Bonchev–Trinajstić information content (AvgIpc) is 2.76. The lowest BCUT2D eigenvalue weighted by Crippen LogP contribution is -2.32. The van der Waals surface area contributed by atoms with E-state index >= 15 is 0 Å². The zero-order chi connectivity index (χ0) is 11.3. The predicted molar refractivity (Wildman–Crippen MR) is 59.7 cm³/mol. The average molecular weight is 218 g/mol. The Balaban J connectivity index is 2.00. The third-order valence-corrected chi connectivity index (χ3v) is 3.47. The lowest BCUT2D eigenvalue weighted by molar-refractivity contribution is 0.102. The molecule has 1 saturated carbocycles. The summed E-state index contributed by atoms with van der Waals surface area (Å²) in [4.78, 5) is 4.26. The summed E-state index contributed by atoms with van der Waals surface area (Å²) in [7, 11) is 0. The maximum Gasteiger partial charge on any atom is 0.226 e. The van der Waals surface area contributed by atoms with Crippen molar-refractivity contribution >= 4 is 11.1 Å². The lowest BCUT2D eigenvalue weighted by atomic mass is 10.1. The number of aliphatic hydroxyl groups excluding tert-OH is 1. The molecule has 1 aromatic heterocycles. The predicted octanol–water partition coefficient (Wildman–Crippen LogP) is 1.60. The summed E-state index contributed by atoms with van der Waals surface area (Å²) in [6.45, 7) is 2.02. The molecule has 3 rings (SSSR count). The van der Waals surface area contributed by atoms with E-state index in [0.717, 1.165) is 11.9 Å². The fraction of sp³-hybridized carbons (Fsp3) is 0.417. The van der Waals surface area contributed by atoms with E-state index in [9.17, 15) is 5.11 Å². The Labute approximate surface area is 93.1 Å². The van der Waals surface area contributed by atoms with Gasteiger partial charge in [0, 0.05) is 0 Å². The maximum absolute atomic E-state index is 10.1. The summed E-state index contributed by atoms with van der Waals surface area (Å²) in [6, 6.07) is 7.45. The molecule has 84 valence electrons. The van der Waals surface area contributed by atoms with Crippen molar-refractivity contribution in [1.82, 2.24) is 4.98 Å². The standard InChI is InChI=1S/C12H14N2O2/c1-7-6-12(7,13)10(15)11-14-8-4-2-3-5-9(8)16-11/h2-5,7,10,15H,6,13H2,1H3. The minimum atomic E-state index is -0.810. The summed E-state index contributed by atoms with van der Waals surface area (Å²) >= 11 is 0. The number of para-hydroxylation sites is 2. The van der Waals surface area contributed by atoms with E-state index < -0.39 is 11.6 Å². The minimum absolute atomic E-state index is 0.317. The van der Waals surface area contributed by atoms with E-state index in [1.165, 1.54) is 0 Å². The van der Waals surface area contributed by atoms with E-state index in [-0.39, 0.29) is 0 Å². The molecule has 0 saturated heterocycles. The van der Waals surface area contributed by atoms with Gasteiger partial charge in [-0.2, -0.15) is 0 Å². The molecule has 1 fully saturated rings. The maximum atomic E-state index is 10.1. The molecule has 1 heterocycles. The van der Waals surface area contributed by atoms with E-state index in [0.29, 0.717) is 17.4 Å². The number of hydrogen-bond donors (Lipinski definition) is 2. The van der Waals surface area contributed by atoms with Gasteiger partial charge in [-0.25, -0.2) is 4.98 Å². The van der Waals surface area contributed by atoms with Gasteiger partial charge in [0.15, 0.2) is 5.58 Å². The first-order chi connectivity index (χ1) is 7.61. The van der Waals surface area contributed by atoms with Crippen molar-refractivity contribution < 1.29 is 9.52 Å². The molecule has 16 heavy (non-hydrogen) atoms. The van der Waals surface area contributed by atoms with Gasteiger partial charge in [-0.15, -0.1) is 0 Å². The first-order valence-electron chi connectivity index (χ1n) is 5.43. The van der Waals surface area contributed by atoms with E-state index in [1.807, 2.05) is 31.2 Å². The number of nitrogens with zero attached hydrogens (tertiary/aromatic N) is 1. The first kappa shape index (κ1) is 9.81. The van der Waals surface area contributed by atoms with E-state index in [2.05, 4.69) is 4.98 Å². The topological polar surface area (TPSA) is 72.3 Å². The normalized spacial score (nSPS) is 30.6. The third kappa shape index (κ3) is 1.27. The summed E-state index contributed by atoms with van der Waals surface area (Å²) in [5.41, 5.74) is 6.93. The van der Waals surface area contributed by atoms with Gasteiger partial charge < -0.3 is 15.3 Å². The molecule has 4 heteroatoms. The molecule has 2 aromatic rings. The fourth-order valence-corrected chi connectivity index (χ4v) is 2.09. The summed E-state index contributed by atoms with van der Waals surface area (Å²) in [6.07, 6.45) is 0.00211. The van der Waals surface area contributed by atoms with Crippen LogP contribution in [0.3, 0.4) is 0 Å². The molecule has 1 aromatic carbocycles. The van der Waals surface area contributed by atoms with Crippen molar-refractivity contribution in [2.24, 2.45) is 11.7 Å². The van der Waals surface area contributed by atoms with E-state index in [4.69, 9.17) is 10.2 Å². The molecule has 3 unspecified atom stereocenters. The highest BCUT2D eigenvalue weighted by Crippen LogP contribution is 2.49. The van der Waals surface area contributed by atoms with Crippen molar-refractivity contribution in [3.05, 3.63) is 30.2 Å². The highest BCUT2D eigenvalue weighted by Gasteiger charge is 2.55. The van der Waals surface area contributed by atoms with Crippen molar-refractivity contribution in [3.8, 4) is 0 Å². The van der Waals surface area contributed by atoms with Crippen LogP contribution in [0.5, 0.6) is 0 Å². The zero-order valence-corrected chi connectivity index (χ0v) is 9.05. The van der Waals surface area contributed by atoms with Crippen LogP contribution in [0.25, 0.3) is 11.1 Å². The van der Waals surface area contributed by atoms with E-state index in [1.54, 1.807) is 0 Å². The molecule has 3 atom stereocenters. The van der Waals surface area contributed by atoms with Gasteiger partial charge in [-0.1, -0.05) is 19.1 Å². The Bertz CT molecular complexity index is 504. The number of nitrogens with two attached hydrogens (primary N) is 1. The fourth-order valence-electron chi connectivity index (χ4n) is 2.09. The monoisotopic (exact) mass is 218 g/mol. The van der Waals surface area contributed by atoms with Crippen LogP contribution in [-0.2, 0) is 0 Å². The van der Waals surface area contributed by atoms with Crippen LogP contribution in [0.2, 0.25) is 0 Å². The number of rotatable bonds is 2. The molecule has 0 amide bonds. The van der Waals surface area contributed by atoms with Crippen LogP contribution in [0.15, 0.2) is 28.7 Å². The molecule has 3 N–H and O–H groups in total. The van der Waals surface area contributed by atoms with Crippen LogP contribution in [-0.4, -0.2) is 15.6 Å². The van der Waals surface area contributed by atoms with Gasteiger partial charge in [-0.3, -0.25) is 0 Å². The van der Waals surface area contributed by atoms with Gasteiger partial charge in [-0.05, 0) is 24.5 Å². The molecule has 0 bridgehead atoms. The number of fused-ring (bicyclic) bond motifs is 1. The molecular weight excluding hydrogens is 204 g/mol. The van der Waals surface area contributed by atoms with Crippen LogP contribution in [0.4, 0.5) is 0 Å². The molecule has 0 radical (unpaired) electrons. The van der Waals surface area contributed by atoms with Crippen molar-refractivity contribution in [2.45, 2.75) is 25.0 Å². The first-order valence-corrected chi connectivity index (χ1v) is 5.43. The summed E-state index contributed by atoms with van der Waals surface area (Å²) in [5.74, 6) is 0.644. The zero-order valence-electron chi connectivity index (χ0n) is 9.05. The van der Waals surface area contributed by atoms with Gasteiger partial charge >= 0.3 is 0 Å². The third-order valence-electron chi connectivity index (χ3n) is 3.47. The SMILES string of the molecule is CC1CC1(N)C(O)c1nc2ccccc2o1. The van der Waals surface area contributed by atoms with Gasteiger partial charge in [0.25, 0.3) is 0 Å². The Hall–Kier alpha value is -1.39. The number of hydrogen-bond acceptors (Lipinski definition) is 4. The lowest BCUT2D eigenvalue weighted by Gasteiger charge is -2.14. The van der Waals surface area contributed by atoms with Crippen LogP contribution < -0.4 is 5.73 Å². The summed E-state index contributed by atoms with van der Waals surface area (Å²) < 4.78 is 5.50. The highest BCUT2D eigenvalue weighted by atomic mass is 16.4. The Morgan fingerprint density at radius 3 is 2.88 bits per heavy atom. The molecule has 4 nitrogen and oxygen atoms in total. The number of oxazole rings is 1. The second-order valence-electron chi connectivity index (χ2n) is 4.64. The largest absolute Gasteiger partial charge is 0.438 e. The van der Waals surface area contributed by atoms with Crippen LogP contribution in [0.1, 0.15) is 25.3 Å². The molecule has 1 aliphatic rings. The van der Waals surface area contributed by atoms with Gasteiger partial charge in [0.1, 0.15) is 11.6 Å². The van der Waals surface area contributed by atoms with Crippen LogP contribution >= 0.6 is 0 Å². The highest BCUT2D eigenvalue weighted by molar-refractivity contribution is 5.72. The van der Waals surface area contributed by atoms with Crippen LogP contribution in [0, 0.1) is 5.92 Å². The van der Waals surface area contributed by atoms with Gasteiger partial charge in [0.2, 0.25) is 5.89 Å². The molecular formula is C12H14N2O2. The Morgan fingerprint density at radius 2 is 2.25 bits per heavy atom. The quantitative estimate of drug-likeness (QED) is 0.803. The molecule has 0 aliphatic heterocycles. The number of aliphatic hydroxyl groups is 1. The summed E-state index contributed by atoms with van der Waals surface area (Å²) in [5, 5.41) is 10.1. The molecule has 0 spiro atoms.